The fourth-order valence-electron chi connectivity index (χ4n) is 3.90. The lowest BCUT2D eigenvalue weighted by Crippen LogP contribution is -2.45. The highest BCUT2D eigenvalue weighted by Crippen LogP contribution is 2.26. The zero-order valence-electron chi connectivity index (χ0n) is 18.6. The van der Waals surface area contributed by atoms with Crippen LogP contribution >= 0.6 is 23.4 Å². The van der Waals surface area contributed by atoms with Crippen molar-refractivity contribution in [3.8, 4) is 11.4 Å². The molecule has 170 valence electrons. The summed E-state index contributed by atoms with van der Waals surface area (Å²) < 4.78 is 2.15. The van der Waals surface area contributed by atoms with Gasteiger partial charge in [0.1, 0.15) is 0 Å². The summed E-state index contributed by atoms with van der Waals surface area (Å²) in [6.07, 6.45) is 6.72. The molecule has 1 aromatic heterocycles. The molecule has 0 atom stereocenters. The van der Waals surface area contributed by atoms with Gasteiger partial charge in [-0.05, 0) is 50.1 Å². The molecule has 0 spiro atoms. The van der Waals surface area contributed by atoms with Gasteiger partial charge >= 0.3 is 0 Å². The first-order chi connectivity index (χ1) is 15.1. The Balaban J connectivity index is 1.61. The summed E-state index contributed by atoms with van der Waals surface area (Å²) >= 11 is 7.52. The van der Waals surface area contributed by atoms with Crippen LogP contribution in [0.1, 0.15) is 52.4 Å². The van der Waals surface area contributed by atoms with Crippen LogP contribution in [0.2, 0.25) is 5.02 Å². The van der Waals surface area contributed by atoms with E-state index in [1.54, 1.807) is 0 Å². The predicted octanol–water partition coefficient (Wildman–Crippen LogP) is 4.87. The van der Waals surface area contributed by atoms with Gasteiger partial charge in [-0.3, -0.25) is 4.79 Å². The summed E-state index contributed by atoms with van der Waals surface area (Å²) in [6, 6.07) is 7.97. The van der Waals surface area contributed by atoms with Crippen molar-refractivity contribution in [3.05, 3.63) is 29.3 Å². The van der Waals surface area contributed by atoms with Crippen molar-refractivity contribution < 1.29 is 4.79 Å². The zero-order valence-corrected chi connectivity index (χ0v) is 20.2. The van der Waals surface area contributed by atoms with Crippen LogP contribution in [0.25, 0.3) is 11.4 Å². The van der Waals surface area contributed by atoms with Crippen LogP contribution in [0.15, 0.2) is 29.4 Å². The van der Waals surface area contributed by atoms with Gasteiger partial charge in [0.25, 0.3) is 0 Å². The molecule has 6 nitrogen and oxygen atoms in total. The number of carbonyl (C=O) groups excluding carboxylic acids is 1. The molecule has 0 radical (unpaired) electrons. The number of hydrogen-bond acceptors (Lipinski definition) is 5. The fourth-order valence-corrected chi connectivity index (χ4v) is 4.80. The Kier molecular flexibility index (Phi) is 9.68. The minimum atomic E-state index is 0.0773. The van der Waals surface area contributed by atoms with Gasteiger partial charge in [-0.25, -0.2) is 0 Å². The highest BCUT2D eigenvalue weighted by atomic mass is 35.5. The van der Waals surface area contributed by atoms with Crippen molar-refractivity contribution in [3.63, 3.8) is 0 Å². The number of carbonyl (C=O) groups is 1. The Labute approximate surface area is 195 Å². The second-order valence-electron chi connectivity index (χ2n) is 8.09. The van der Waals surface area contributed by atoms with Gasteiger partial charge in [0, 0.05) is 36.3 Å². The van der Waals surface area contributed by atoms with Crippen LogP contribution in [0.4, 0.5) is 0 Å². The molecule has 1 aliphatic rings. The van der Waals surface area contributed by atoms with E-state index < -0.39 is 0 Å². The molecule has 31 heavy (non-hydrogen) atoms. The third-order valence-electron chi connectivity index (χ3n) is 5.79. The predicted molar refractivity (Wildman–Crippen MR) is 129 cm³/mol. The number of halogens is 1. The maximum absolute atomic E-state index is 12.5. The maximum Gasteiger partial charge on any atom is 0.230 e. The molecule has 1 aromatic carbocycles. The lowest BCUT2D eigenvalue weighted by Gasteiger charge is -2.31. The number of piperidine rings is 1. The number of hydrogen-bond donors (Lipinski definition) is 1. The van der Waals surface area contributed by atoms with Crippen LogP contribution in [0.5, 0.6) is 0 Å². The second kappa shape index (κ2) is 12.5. The van der Waals surface area contributed by atoms with Crippen molar-refractivity contribution in [2.45, 2.75) is 70.1 Å². The van der Waals surface area contributed by atoms with Crippen LogP contribution in [0, 0.1) is 0 Å². The molecule has 0 unspecified atom stereocenters. The van der Waals surface area contributed by atoms with E-state index in [0.717, 1.165) is 62.0 Å². The Morgan fingerprint density at radius 1 is 1.13 bits per heavy atom. The molecule has 1 saturated heterocycles. The molecular formula is C23H34ClN5OS. The number of aromatic nitrogens is 3. The molecule has 1 fully saturated rings. The van der Waals surface area contributed by atoms with E-state index in [0.29, 0.717) is 10.8 Å². The summed E-state index contributed by atoms with van der Waals surface area (Å²) in [5, 5.41) is 13.6. The van der Waals surface area contributed by atoms with Gasteiger partial charge in [0.05, 0.1) is 5.75 Å². The number of thioether (sulfide) groups is 1. The van der Waals surface area contributed by atoms with Gasteiger partial charge in [-0.2, -0.15) is 0 Å². The lowest BCUT2D eigenvalue weighted by molar-refractivity contribution is -0.119. The molecule has 3 rings (SSSR count). The zero-order chi connectivity index (χ0) is 22.1. The molecule has 0 bridgehead atoms. The normalized spacial score (nSPS) is 15.3. The number of unbranched alkanes of at least 4 members (excludes halogenated alkanes) is 3. The number of nitrogens with zero attached hydrogens (tertiary/aromatic N) is 4. The van der Waals surface area contributed by atoms with E-state index in [-0.39, 0.29) is 11.9 Å². The monoisotopic (exact) mass is 463 g/mol. The number of benzene rings is 1. The number of nitrogens with one attached hydrogen (secondary N) is 1. The summed E-state index contributed by atoms with van der Waals surface area (Å²) in [4.78, 5) is 15.0. The highest BCUT2D eigenvalue weighted by Gasteiger charge is 2.21. The molecule has 2 heterocycles. The van der Waals surface area contributed by atoms with Gasteiger partial charge in [-0.15, -0.1) is 10.2 Å². The largest absolute Gasteiger partial charge is 0.353 e. The topological polar surface area (TPSA) is 63.1 Å². The molecule has 0 saturated carbocycles. The minimum absolute atomic E-state index is 0.0773. The van der Waals surface area contributed by atoms with Crippen LogP contribution in [0.3, 0.4) is 0 Å². The van der Waals surface area contributed by atoms with Gasteiger partial charge in [0.2, 0.25) is 5.91 Å². The van der Waals surface area contributed by atoms with Crippen molar-refractivity contribution >= 4 is 29.3 Å². The second-order valence-corrected chi connectivity index (χ2v) is 9.47. The molecule has 1 N–H and O–H groups in total. The van der Waals surface area contributed by atoms with E-state index in [1.165, 1.54) is 31.0 Å². The fraction of sp³-hybridized carbons (Fsp3) is 0.609. The van der Waals surface area contributed by atoms with E-state index in [2.05, 4.69) is 38.8 Å². The average Bonchev–Trinajstić information content (AvgIpc) is 3.19. The first-order valence-electron chi connectivity index (χ1n) is 11.4. The standard InChI is InChI=1S/C23H34ClN5OS/c1-3-5-6-7-14-29-22(18-8-10-19(24)11-9-18)26-27-23(29)31-17-21(30)25-20-12-15-28(4-2)16-13-20/h8-11,20H,3-7,12-17H2,1-2H3,(H,25,30). The third-order valence-corrected chi connectivity index (χ3v) is 7.01. The first kappa shape index (κ1) is 24.1. The van der Waals surface area contributed by atoms with Gasteiger partial charge < -0.3 is 14.8 Å². The van der Waals surface area contributed by atoms with Crippen LogP contribution in [-0.2, 0) is 11.3 Å². The molecule has 8 heteroatoms. The van der Waals surface area contributed by atoms with Crippen molar-refractivity contribution in [2.24, 2.45) is 0 Å². The Hall–Kier alpha value is -1.57. The molecule has 1 amide bonds. The van der Waals surface area contributed by atoms with E-state index >= 15 is 0 Å². The Bertz CT molecular complexity index is 818. The SMILES string of the molecule is CCCCCCn1c(SCC(=O)NC2CCN(CC)CC2)nnc1-c1ccc(Cl)cc1. The highest BCUT2D eigenvalue weighted by molar-refractivity contribution is 7.99. The first-order valence-corrected chi connectivity index (χ1v) is 12.8. The molecule has 1 aliphatic heterocycles. The summed E-state index contributed by atoms with van der Waals surface area (Å²) in [7, 11) is 0. The number of amides is 1. The Morgan fingerprint density at radius 3 is 2.55 bits per heavy atom. The maximum atomic E-state index is 12.5. The molecule has 0 aliphatic carbocycles. The van der Waals surface area contributed by atoms with Crippen molar-refractivity contribution in [1.82, 2.24) is 25.0 Å². The Morgan fingerprint density at radius 2 is 1.87 bits per heavy atom. The number of likely N-dealkylation sites (tertiary alicyclic amines) is 1. The summed E-state index contributed by atoms with van der Waals surface area (Å²) in [5.41, 5.74) is 0.992. The third kappa shape index (κ3) is 7.22. The van der Waals surface area contributed by atoms with E-state index in [9.17, 15) is 4.79 Å². The van der Waals surface area contributed by atoms with Crippen LogP contribution < -0.4 is 5.32 Å². The number of rotatable bonds is 11. The summed E-state index contributed by atoms with van der Waals surface area (Å²) in [5.74, 6) is 1.28. The van der Waals surface area contributed by atoms with Crippen LogP contribution in [-0.4, -0.2) is 57.0 Å². The average molecular weight is 464 g/mol. The van der Waals surface area contributed by atoms with Gasteiger partial charge in [-0.1, -0.05) is 56.5 Å². The van der Waals surface area contributed by atoms with Crippen molar-refractivity contribution in [2.75, 3.05) is 25.4 Å². The minimum Gasteiger partial charge on any atom is -0.353 e. The molecular weight excluding hydrogens is 430 g/mol. The lowest BCUT2D eigenvalue weighted by atomic mass is 10.1. The van der Waals surface area contributed by atoms with Crippen molar-refractivity contribution in [1.29, 1.82) is 0 Å². The smallest absolute Gasteiger partial charge is 0.230 e. The summed E-state index contributed by atoms with van der Waals surface area (Å²) in [6.45, 7) is 8.46. The quantitative estimate of drug-likeness (QED) is 0.380. The van der Waals surface area contributed by atoms with E-state index in [1.807, 2.05) is 24.3 Å². The molecule has 2 aromatic rings. The van der Waals surface area contributed by atoms with Gasteiger partial charge in [0.15, 0.2) is 11.0 Å². The van der Waals surface area contributed by atoms with E-state index in [4.69, 9.17) is 11.6 Å².